The number of primary amides is 1. The zero-order valence-electron chi connectivity index (χ0n) is 32.0. The fourth-order valence-electron chi connectivity index (χ4n) is 5.30. The van der Waals surface area contributed by atoms with Crippen LogP contribution in [0.3, 0.4) is 0 Å². The van der Waals surface area contributed by atoms with Crippen LogP contribution in [0, 0.1) is 11.6 Å². The second-order valence-electron chi connectivity index (χ2n) is 11.7. The Morgan fingerprint density at radius 2 is 1.21 bits per heavy atom. The average Bonchev–Trinajstić information content (AvgIpc) is 3.20. The molecule has 6 aromatic rings. The van der Waals surface area contributed by atoms with Crippen molar-refractivity contribution < 1.29 is 55.5 Å². The van der Waals surface area contributed by atoms with Crippen molar-refractivity contribution in [1.82, 2.24) is 19.9 Å². The Labute approximate surface area is 344 Å². The third-order valence-electron chi connectivity index (χ3n) is 7.83. The summed E-state index contributed by atoms with van der Waals surface area (Å²) >= 11 is 5.78. The molecule has 58 heavy (non-hydrogen) atoms. The molecule has 2 aromatic heterocycles. The zero-order chi connectivity index (χ0) is 41.5. The summed E-state index contributed by atoms with van der Waals surface area (Å²) in [4.78, 5) is 38.9. The van der Waals surface area contributed by atoms with Gasteiger partial charge in [0.2, 0.25) is 0 Å². The molecule has 0 fully saturated rings. The van der Waals surface area contributed by atoms with Crippen molar-refractivity contribution in [3.63, 3.8) is 0 Å². The summed E-state index contributed by atoms with van der Waals surface area (Å²) in [5.74, 6) is 0.461. The number of rotatable bonds is 12. The van der Waals surface area contributed by atoms with Gasteiger partial charge in [-0.1, -0.05) is 17.7 Å². The van der Waals surface area contributed by atoms with Gasteiger partial charge in [0.25, 0.3) is 5.91 Å². The summed E-state index contributed by atoms with van der Waals surface area (Å²) in [5.41, 5.74) is 19.2. The highest BCUT2D eigenvalue weighted by Crippen LogP contribution is 2.31. The number of benzene rings is 4. The fraction of sp³-hybridized carbons (Fsp3) is 0.171. The molecule has 0 atom stereocenters. The molecule has 6 rings (SSSR count). The van der Waals surface area contributed by atoms with Gasteiger partial charge in [-0.3, -0.25) is 10.5 Å². The van der Waals surface area contributed by atoms with Crippen LogP contribution in [0.15, 0.2) is 97.6 Å². The van der Waals surface area contributed by atoms with E-state index in [0.29, 0.717) is 92.8 Å². The van der Waals surface area contributed by atoms with E-state index >= 15 is 0 Å². The largest absolute Gasteiger partial charge is 1.00 e. The number of anilines is 1. The molecule has 2 heterocycles. The van der Waals surface area contributed by atoms with Gasteiger partial charge in [0, 0.05) is 35.0 Å². The third kappa shape index (κ3) is 12.8. The number of nitrogens with two attached hydrogens (primary N) is 2. The van der Waals surface area contributed by atoms with Crippen molar-refractivity contribution >= 4 is 29.1 Å². The summed E-state index contributed by atoms with van der Waals surface area (Å²) < 4.78 is 48.1. The average molecular weight is 837 g/mol. The Bertz CT molecular complexity index is 2340. The molecule has 13 nitrogen and oxygen atoms in total. The summed E-state index contributed by atoms with van der Waals surface area (Å²) in [7, 11) is 2.98. The molecule has 0 unspecified atom stereocenters. The molecule has 4 aromatic carbocycles. The molecule has 0 bridgehead atoms. The summed E-state index contributed by atoms with van der Waals surface area (Å²) in [6.07, 6.45) is 3.20. The summed E-state index contributed by atoms with van der Waals surface area (Å²) in [6, 6.07) is 22.0. The van der Waals surface area contributed by atoms with Gasteiger partial charge in [-0.25, -0.2) is 33.5 Å². The van der Waals surface area contributed by atoms with E-state index in [4.69, 9.17) is 42.0 Å². The van der Waals surface area contributed by atoms with Crippen molar-refractivity contribution in [2.45, 2.75) is 20.3 Å². The number of ether oxygens (including phenoxy) is 4. The number of hydrogen-bond acceptors (Lipinski definition) is 11. The molecule has 0 aliphatic rings. The highest BCUT2D eigenvalue weighted by Gasteiger charge is 2.14. The van der Waals surface area contributed by atoms with E-state index in [-0.39, 0.29) is 29.9 Å². The van der Waals surface area contributed by atoms with Gasteiger partial charge in [0.15, 0.2) is 0 Å². The topological polar surface area (TPSA) is 202 Å². The van der Waals surface area contributed by atoms with Crippen LogP contribution < -0.4 is 48.6 Å². The van der Waals surface area contributed by atoms with E-state index in [9.17, 15) is 18.4 Å². The molecular formula is C41H41Cl2F2N7O6. The van der Waals surface area contributed by atoms with E-state index in [0.717, 1.165) is 5.56 Å². The molecule has 304 valence electrons. The molecular weight excluding hydrogens is 795 g/mol. The third-order valence-corrected chi connectivity index (χ3v) is 8.04. The molecule has 0 spiro atoms. The van der Waals surface area contributed by atoms with Crippen molar-refractivity contribution in [2.24, 2.45) is 5.73 Å². The number of hydrogen-bond donors (Lipinski definition) is 3. The van der Waals surface area contributed by atoms with Crippen molar-refractivity contribution in [2.75, 3.05) is 33.2 Å². The molecule has 0 radical (unpaired) electrons. The van der Waals surface area contributed by atoms with Crippen LogP contribution in [0.4, 0.5) is 14.5 Å². The predicted molar refractivity (Wildman–Crippen MR) is 211 cm³/mol. The van der Waals surface area contributed by atoms with Crippen LogP contribution in [-0.2, 0) is 6.42 Å². The Morgan fingerprint density at radius 1 is 0.690 bits per heavy atom. The van der Waals surface area contributed by atoms with Gasteiger partial charge >= 0.3 is 5.91 Å². The first-order chi connectivity index (χ1) is 27.4. The fourth-order valence-corrected chi connectivity index (χ4v) is 5.45. The van der Waals surface area contributed by atoms with Crippen LogP contribution in [0.25, 0.3) is 22.5 Å². The highest BCUT2D eigenvalue weighted by atomic mass is 35.5. The number of halogens is 4. The lowest BCUT2D eigenvalue weighted by molar-refractivity contribution is -0.255. The van der Waals surface area contributed by atoms with Crippen LogP contribution in [0.1, 0.15) is 45.8 Å². The first-order valence-electron chi connectivity index (χ1n) is 17.3. The molecule has 17 heteroatoms. The maximum atomic E-state index is 13.8. The van der Waals surface area contributed by atoms with Gasteiger partial charge < -0.3 is 42.8 Å². The minimum Gasteiger partial charge on any atom is -1.00 e. The minimum absolute atomic E-state index is 0. The normalized spacial score (nSPS) is 10.1. The SMILES string of the molecule is CCOc1ccc(F)cc1-c1cc(Cc2ccc(OC)c(C(N)=O)c2)ncn1.CCOc1ccc(F)cc1-c1cc(Cl)ncn1.COc1ccc(N)cc1C([NH3+])=O.[Cl-]. The van der Waals surface area contributed by atoms with Gasteiger partial charge in [0.1, 0.15) is 58.0 Å². The van der Waals surface area contributed by atoms with E-state index in [2.05, 4.69) is 25.7 Å². The smallest absolute Gasteiger partial charge is 0.344 e. The Kier molecular flexibility index (Phi) is 17.7. The number of amides is 2. The lowest BCUT2D eigenvalue weighted by atomic mass is 10.0. The second kappa shape index (κ2) is 22.4. The standard InChI is InChI=1S/C21H20FN3O3.C12H10ClFN2O.C8H10N2O2.ClH/c1-3-28-20-7-5-14(22)10-16(20)18-11-15(24-12-25-18)8-13-4-6-19(27-2)17(9-13)21(23)26;1-2-17-11-4-3-8(14)5-9(11)10-6-12(13)16-7-15-10;1-12-7-3-2-5(9)4-6(7)8(10)11;/h4-7,9-12H,3,8H2,1-2H3,(H2,23,26);3-7H,2H2,1H3;2-4H,9H2,1H3,(H2,10,11);1H. The highest BCUT2D eigenvalue weighted by molar-refractivity contribution is 6.29. The predicted octanol–water partition coefficient (Wildman–Crippen LogP) is 3.38. The molecule has 7 N–H and O–H groups in total. The minimum atomic E-state index is -0.566. The van der Waals surface area contributed by atoms with Gasteiger partial charge in [-0.05, 0) is 92.2 Å². The molecule has 0 aliphatic heterocycles. The van der Waals surface area contributed by atoms with E-state index in [1.54, 1.807) is 54.6 Å². The van der Waals surface area contributed by atoms with Crippen molar-refractivity contribution in [1.29, 1.82) is 0 Å². The second-order valence-corrected chi connectivity index (χ2v) is 12.1. The first kappa shape index (κ1) is 46.0. The molecule has 0 saturated heterocycles. The lowest BCUT2D eigenvalue weighted by Gasteiger charge is -2.11. The number of carbonyl (C=O) groups is 2. The van der Waals surface area contributed by atoms with E-state index < -0.39 is 5.91 Å². The Hall–Kier alpha value is -6.42. The number of quaternary nitrogens is 1. The van der Waals surface area contributed by atoms with E-state index in [1.165, 1.54) is 51.1 Å². The van der Waals surface area contributed by atoms with Crippen LogP contribution in [0.2, 0.25) is 5.15 Å². The number of aromatic nitrogens is 4. The molecule has 2 amide bonds. The Morgan fingerprint density at radius 3 is 1.72 bits per heavy atom. The van der Waals surface area contributed by atoms with Crippen molar-refractivity contribution in [3.05, 3.63) is 137 Å². The maximum Gasteiger partial charge on any atom is 0.344 e. The summed E-state index contributed by atoms with van der Waals surface area (Å²) in [6.45, 7) is 4.67. The van der Waals surface area contributed by atoms with Crippen LogP contribution in [-0.4, -0.2) is 59.2 Å². The van der Waals surface area contributed by atoms with Crippen LogP contribution in [0.5, 0.6) is 23.0 Å². The molecule has 0 aliphatic carbocycles. The van der Waals surface area contributed by atoms with Crippen LogP contribution >= 0.6 is 11.6 Å². The number of nitrogens with zero attached hydrogens (tertiary/aromatic N) is 4. The summed E-state index contributed by atoms with van der Waals surface area (Å²) in [5, 5.41) is 0.307. The first-order valence-corrected chi connectivity index (χ1v) is 17.6. The van der Waals surface area contributed by atoms with Gasteiger partial charge in [-0.15, -0.1) is 0 Å². The maximum absolute atomic E-state index is 13.8. The van der Waals surface area contributed by atoms with Gasteiger partial charge in [-0.2, -0.15) is 0 Å². The molecule has 0 saturated carbocycles. The van der Waals surface area contributed by atoms with Crippen molar-refractivity contribution in [3.8, 4) is 45.5 Å². The number of carbonyl (C=O) groups excluding carboxylic acids is 2. The number of methoxy groups -OCH3 is 2. The number of nitrogen functional groups attached to an aromatic ring is 1. The quantitative estimate of drug-likeness (QED) is 0.121. The monoisotopic (exact) mass is 835 g/mol. The van der Waals surface area contributed by atoms with Gasteiger partial charge in [0.05, 0.1) is 44.4 Å². The Balaban J connectivity index is 0.000000255. The zero-order valence-corrected chi connectivity index (χ0v) is 33.5. The lowest BCUT2D eigenvalue weighted by Crippen LogP contribution is -3.00. The van der Waals surface area contributed by atoms with E-state index in [1.807, 2.05) is 19.9 Å².